The number of rotatable bonds is 3. The molecule has 0 aliphatic heterocycles. The van der Waals surface area contributed by atoms with Crippen molar-refractivity contribution >= 4 is 42.9 Å². The summed E-state index contributed by atoms with van der Waals surface area (Å²) in [6.45, 7) is 0. The molecule has 5 rings (SSSR count). The van der Waals surface area contributed by atoms with Crippen LogP contribution in [0.4, 0.5) is 11.4 Å². The van der Waals surface area contributed by atoms with Crippen molar-refractivity contribution in [1.82, 2.24) is 0 Å². The van der Waals surface area contributed by atoms with Crippen molar-refractivity contribution in [1.29, 1.82) is 0 Å². The first kappa shape index (κ1) is 15.2. The van der Waals surface area contributed by atoms with Crippen LogP contribution in [0.3, 0.4) is 0 Å². The fraction of sp³-hybridized carbons (Fsp3) is 0. The van der Waals surface area contributed by atoms with Crippen molar-refractivity contribution in [2.45, 2.75) is 0 Å². The lowest BCUT2D eigenvalue weighted by Crippen LogP contribution is -1.88. The van der Waals surface area contributed by atoms with Crippen LogP contribution < -0.4 is 5.32 Å². The molecule has 0 bridgehead atoms. The van der Waals surface area contributed by atoms with Crippen molar-refractivity contribution in [2.24, 2.45) is 0 Å². The third-order valence-corrected chi connectivity index (χ3v) is 5.79. The molecule has 1 nitrogen and oxygen atoms in total. The SMILES string of the molecule is c1ccc(Nc2ccc3sc4ccc(-c5ccccc5)cc4c3c2)cc1. The number of benzene rings is 4. The van der Waals surface area contributed by atoms with E-state index in [1.807, 2.05) is 29.5 Å². The summed E-state index contributed by atoms with van der Waals surface area (Å²) in [6.07, 6.45) is 0. The van der Waals surface area contributed by atoms with Gasteiger partial charge in [-0.1, -0.05) is 54.6 Å². The Kier molecular flexibility index (Phi) is 3.69. The Morgan fingerprint density at radius 1 is 0.500 bits per heavy atom. The first-order chi connectivity index (χ1) is 12.9. The largest absolute Gasteiger partial charge is 0.356 e. The normalized spacial score (nSPS) is 11.1. The third-order valence-electron chi connectivity index (χ3n) is 4.64. The molecule has 1 aromatic heterocycles. The van der Waals surface area contributed by atoms with Gasteiger partial charge in [0.15, 0.2) is 0 Å². The molecule has 0 aliphatic carbocycles. The van der Waals surface area contributed by atoms with E-state index in [0.29, 0.717) is 0 Å². The minimum absolute atomic E-state index is 1.11. The van der Waals surface area contributed by atoms with Gasteiger partial charge in [-0.15, -0.1) is 11.3 Å². The molecule has 0 radical (unpaired) electrons. The number of fused-ring (bicyclic) bond motifs is 3. The standard InChI is InChI=1S/C24H17NS/c1-3-7-17(8-4-1)18-11-13-23-21(15-18)22-16-20(12-14-24(22)26-23)25-19-9-5-2-6-10-19/h1-16,25H. The van der Waals surface area contributed by atoms with E-state index in [1.54, 1.807) is 0 Å². The van der Waals surface area contributed by atoms with E-state index in [2.05, 4.69) is 84.2 Å². The van der Waals surface area contributed by atoms with Crippen molar-refractivity contribution in [3.8, 4) is 11.1 Å². The number of para-hydroxylation sites is 1. The molecule has 1 heterocycles. The summed E-state index contributed by atoms with van der Waals surface area (Å²) in [4.78, 5) is 0. The fourth-order valence-electron chi connectivity index (χ4n) is 3.35. The van der Waals surface area contributed by atoms with Crippen LogP contribution >= 0.6 is 11.3 Å². The molecular weight excluding hydrogens is 334 g/mol. The van der Waals surface area contributed by atoms with Crippen LogP contribution in [0.15, 0.2) is 97.1 Å². The number of thiophene rings is 1. The second kappa shape index (κ2) is 6.32. The summed E-state index contributed by atoms with van der Waals surface area (Å²) in [6, 6.07) is 34.3. The zero-order valence-corrected chi connectivity index (χ0v) is 15.0. The van der Waals surface area contributed by atoms with E-state index < -0.39 is 0 Å². The van der Waals surface area contributed by atoms with Crippen LogP contribution in [0, 0.1) is 0 Å². The zero-order valence-electron chi connectivity index (χ0n) is 14.1. The number of hydrogen-bond acceptors (Lipinski definition) is 2. The molecule has 124 valence electrons. The summed E-state index contributed by atoms with van der Waals surface area (Å²) >= 11 is 1.85. The molecule has 0 fully saturated rings. The highest BCUT2D eigenvalue weighted by Gasteiger charge is 2.08. The molecule has 0 saturated heterocycles. The average Bonchev–Trinajstić information content (AvgIpc) is 3.07. The Morgan fingerprint density at radius 2 is 1.15 bits per heavy atom. The zero-order chi connectivity index (χ0) is 17.3. The highest BCUT2D eigenvalue weighted by Crippen LogP contribution is 2.38. The van der Waals surface area contributed by atoms with Crippen LogP contribution in [-0.2, 0) is 0 Å². The van der Waals surface area contributed by atoms with E-state index in [0.717, 1.165) is 11.4 Å². The van der Waals surface area contributed by atoms with Gasteiger partial charge in [0, 0.05) is 31.5 Å². The van der Waals surface area contributed by atoms with Crippen LogP contribution in [0.1, 0.15) is 0 Å². The van der Waals surface area contributed by atoms with Crippen LogP contribution in [0.2, 0.25) is 0 Å². The van der Waals surface area contributed by atoms with E-state index in [4.69, 9.17) is 0 Å². The maximum atomic E-state index is 3.50. The second-order valence-corrected chi connectivity index (χ2v) is 7.46. The van der Waals surface area contributed by atoms with Crippen LogP contribution in [-0.4, -0.2) is 0 Å². The average molecular weight is 351 g/mol. The number of nitrogens with one attached hydrogen (secondary N) is 1. The minimum atomic E-state index is 1.11. The highest BCUT2D eigenvalue weighted by atomic mass is 32.1. The summed E-state index contributed by atoms with van der Waals surface area (Å²) in [5, 5.41) is 6.13. The first-order valence-corrected chi connectivity index (χ1v) is 9.52. The van der Waals surface area contributed by atoms with Gasteiger partial charge in [0.05, 0.1) is 0 Å². The molecule has 1 N–H and O–H groups in total. The maximum absolute atomic E-state index is 3.50. The number of hydrogen-bond donors (Lipinski definition) is 1. The van der Waals surface area contributed by atoms with Gasteiger partial charge in [0.25, 0.3) is 0 Å². The quantitative estimate of drug-likeness (QED) is 0.355. The van der Waals surface area contributed by atoms with Gasteiger partial charge >= 0.3 is 0 Å². The third kappa shape index (κ3) is 2.75. The molecule has 4 aromatic carbocycles. The molecule has 0 unspecified atom stereocenters. The lowest BCUT2D eigenvalue weighted by molar-refractivity contribution is 1.57. The molecule has 0 spiro atoms. The lowest BCUT2D eigenvalue weighted by atomic mass is 10.0. The second-order valence-electron chi connectivity index (χ2n) is 6.38. The van der Waals surface area contributed by atoms with Gasteiger partial charge in [-0.05, 0) is 53.6 Å². The Balaban J connectivity index is 1.63. The van der Waals surface area contributed by atoms with Crippen molar-refractivity contribution in [2.75, 3.05) is 5.32 Å². The fourth-order valence-corrected chi connectivity index (χ4v) is 4.42. The summed E-state index contributed by atoms with van der Waals surface area (Å²) in [5.41, 5.74) is 4.75. The summed E-state index contributed by atoms with van der Waals surface area (Å²) in [7, 11) is 0. The lowest BCUT2D eigenvalue weighted by Gasteiger charge is -2.06. The molecule has 0 atom stereocenters. The predicted octanol–water partition coefficient (Wildman–Crippen LogP) is 7.47. The number of anilines is 2. The molecule has 2 heteroatoms. The molecule has 5 aromatic rings. The van der Waals surface area contributed by atoms with Gasteiger partial charge in [-0.2, -0.15) is 0 Å². The highest BCUT2D eigenvalue weighted by molar-refractivity contribution is 7.25. The molecule has 0 aliphatic rings. The van der Waals surface area contributed by atoms with Gasteiger partial charge in [0.2, 0.25) is 0 Å². The first-order valence-electron chi connectivity index (χ1n) is 8.71. The van der Waals surface area contributed by atoms with E-state index in [-0.39, 0.29) is 0 Å². The minimum Gasteiger partial charge on any atom is -0.356 e. The van der Waals surface area contributed by atoms with Gasteiger partial charge < -0.3 is 5.32 Å². The van der Waals surface area contributed by atoms with Crippen LogP contribution in [0.25, 0.3) is 31.3 Å². The van der Waals surface area contributed by atoms with E-state index in [1.165, 1.54) is 31.3 Å². The van der Waals surface area contributed by atoms with Gasteiger partial charge in [-0.25, -0.2) is 0 Å². The maximum Gasteiger partial charge on any atom is 0.0391 e. The van der Waals surface area contributed by atoms with Gasteiger partial charge in [-0.3, -0.25) is 0 Å². The topological polar surface area (TPSA) is 12.0 Å². The van der Waals surface area contributed by atoms with Crippen molar-refractivity contribution < 1.29 is 0 Å². The van der Waals surface area contributed by atoms with E-state index in [9.17, 15) is 0 Å². The Hall–Kier alpha value is -3.10. The van der Waals surface area contributed by atoms with E-state index >= 15 is 0 Å². The Labute approximate surface area is 156 Å². The predicted molar refractivity (Wildman–Crippen MR) is 114 cm³/mol. The molecule has 0 saturated carbocycles. The van der Waals surface area contributed by atoms with Crippen molar-refractivity contribution in [3.05, 3.63) is 97.1 Å². The van der Waals surface area contributed by atoms with Crippen LogP contribution in [0.5, 0.6) is 0 Å². The molecule has 26 heavy (non-hydrogen) atoms. The Morgan fingerprint density at radius 3 is 1.92 bits per heavy atom. The van der Waals surface area contributed by atoms with Gasteiger partial charge in [0.1, 0.15) is 0 Å². The summed E-state index contributed by atoms with van der Waals surface area (Å²) in [5.74, 6) is 0. The molecule has 0 amide bonds. The smallest absolute Gasteiger partial charge is 0.0391 e. The Bertz CT molecular complexity index is 1190. The monoisotopic (exact) mass is 351 g/mol. The summed E-state index contributed by atoms with van der Waals surface area (Å²) < 4.78 is 2.65. The molecular formula is C24H17NS. The van der Waals surface area contributed by atoms with Crippen molar-refractivity contribution in [3.63, 3.8) is 0 Å².